The molecule has 6 heteroatoms. The Kier molecular flexibility index (Phi) is 6.99. The van der Waals surface area contributed by atoms with Crippen LogP contribution in [0.5, 0.6) is 17.2 Å². The summed E-state index contributed by atoms with van der Waals surface area (Å²) < 4.78 is 17.3. The molecular weight excluding hydrogens is 408 g/mol. The molecule has 2 aromatic rings. The molecule has 1 fully saturated rings. The van der Waals surface area contributed by atoms with Gasteiger partial charge < -0.3 is 14.2 Å². The number of piperazine rings is 1. The van der Waals surface area contributed by atoms with Crippen molar-refractivity contribution in [1.29, 1.82) is 0 Å². The predicted molar refractivity (Wildman–Crippen MR) is 111 cm³/mol. The van der Waals surface area contributed by atoms with Crippen LogP contribution in [0.4, 0.5) is 0 Å². The lowest BCUT2D eigenvalue weighted by Gasteiger charge is -2.35. The van der Waals surface area contributed by atoms with E-state index in [0.717, 1.165) is 61.0 Å². The molecule has 1 saturated heterocycles. The van der Waals surface area contributed by atoms with E-state index >= 15 is 0 Å². The minimum atomic E-state index is 0.772. The lowest BCUT2D eigenvalue weighted by molar-refractivity contribution is 0.121. The number of benzene rings is 2. The Labute approximate surface area is 169 Å². The van der Waals surface area contributed by atoms with E-state index in [2.05, 4.69) is 43.9 Å². The fraction of sp³-hybridized carbons (Fsp3) is 0.429. The van der Waals surface area contributed by atoms with Crippen LogP contribution in [0, 0.1) is 0 Å². The quantitative estimate of drug-likeness (QED) is 0.661. The first kappa shape index (κ1) is 20.0. The summed E-state index contributed by atoms with van der Waals surface area (Å²) in [6, 6.07) is 12.3. The zero-order valence-electron chi connectivity index (χ0n) is 16.2. The fourth-order valence-corrected chi connectivity index (χ4v) is 3.86. The molecular formula is C21H27BrN2O3. The molecule has 0 aromatic heterocycles. The molecule has 146 valence electrons. The number of ether oxygens (including phenoxy) is 3. The first-order chi connectivity index (χ1) is 13.1. The summed E-state index contributed by atoms with van der Waals surface area (Å²) in [5, 5.41) is 0. The normalized spacial score (nSPS) is 15.6. The van der Waals surface area contributed by atoms with Crippen LogP contribution < -0.4 is 14.2 Å². The number of methoxy groups -OCH3 is 3. The number of halogens is 1. The van der Waals surface area contributed by atoms with Gasteiger partial charge in [-0.2, -0.15) is 0 Å². The minimum Gasteiger partial charge on any atom is -0.496 e. The standard InChI is InChI=1S/C21H27BrN2O3/c1-25-19-7-5-18(22)13-17(19)15-24-10-8-23(9-11-24)14-16-4-6-20(26-2)21(12-16)27-3/h4-7,12-13H,8-11,14-15H2,1-3H3. The molecule has 0 amide bonds. The van der Waals surface area contributed by atoms with Crippen LogP contribution in [-0.2, 0) is 13.1 Å². The van der Waals surface area contributed by atoms with Crippen molar-refractivity contribution < 1.29 is 14.2 Å². The van der Waals surface area contributed by atoms with E-state index in [1.165, 1.54) is 11.1 Å². The number of hydrogen-bond acceptors (Lipinski definition) is 5. The van der Waals surface area contributed by atoms with Crippen LogP contribution in [0.1, 0.15) is 11.1 Å². The highest BCUT2D eigenvalue weighted by molar-refractivity contribution is 9.10. The molecule has 0 bridgehead atoms. The first-order valence-corrected chi connectivity index (χ1v) is 9.90. The van der Waals surface area contributed by atoms with E-state index in [1.54, 1.807) is 21.3 Å². The van der Waals surface area contributed by atoms with E-state index in [9.17, 15) is 0 Å². The zero-order valence-corrected chi connectivity index (χ0v) is 17.8. The van der Waals surface area contributed by atoms with Crippen LogP contribution >= 0.6 is 15.9 Å². The molecule has 0 spiro atoms. The highest BCUT2D eigenvalue weighted by Crippen LogP contribution is 2.28. The SMILES string of the molecule is COc1ccc(Br)cc1CN1CCN(Cc2ccc(OC)c(OC)c2)CC1. The highest BCUT2D eigenvalue weighted by atomic mass is 79.9. The van der Waals surface area contributed by atoms with Crippen LogP contribution in [-0.4, -0.2) is 57.3 Å². The second-order valence-electron chi connectivity index (χ2n) is 6.70. The molecule has 3 rings (SSSR count). The van der Waals surface area contributed by atoms with E-state index in [1.807, 2.05) is 18.2 Å². The zero-order chi connectivity index (χ0) is 19.2. The van der Waals surface area contributed by atoms with Crippen molar-refractivity contribution in [3.8, 4) is 17.2 Å². The summed E-state index contributed by atoms with van der Waals surface area (Å²) in [4.78, 5) is 4.96. The Morgan fingerprint density at radius 3 is 1.96 bits per heavy atom. The molecule has 1 heterocycles. The molecule has 0 saturated carbocycles. The fourth-order valence-electron chi connectivity index (χ4n) is 3.45. The first-order valence-electron chi connectivity index (χ1n) is 9.11. The summed E-state index contributed by atoms with van der Waals surface area (Å²) in [5.41, 5.74) is 2.47. The molecule has 0 unspecified atom stereocenters. The van der Waals surface area contributed by atoms with Gasteiger partial charge in [0, 0.05) is 49.3 Å². The van der Waals surface area contributed by atoms with E-state index < -0.39 is 0 Å². The van der Waals surface area contributed by atoms with Gasteiger partial charge in [0.15, 0.2) is 11.5 Å². The van der Waals surface area contributed by atoms with Crippen molar-refractivity contribution in [2.24, 2.45) is 0 Å². The van der Waals surface area contributed by atoms with Gasteiger partial charge in [0.1, 0.15) is 5.75 Å². The van der Waals surface area contributed by atoms with Crippen molar-refractivity contribution in [1.82, 2.24) is 9.80 Å². The van der Waals surface area contributed by atoms with Gasteiger partial charge in [-0.3, -0.25) is 9.80 Å². The lowest BCUT2D eigenvalue weighted by Crippen LogP contribution is -2.45. The van der Waals surface area contributed by atoms with Crippen molar-refractivity contribution in [3.63, 3.8) is 0 Å². The van der Waals surface area contributed by atoms with Crippen molar-refractivity contribution in [2.45, 2.75) is 13.1 Å². The summed E-state index contributed by atoms with van der Waals surface area (Å²) in [7, 11) is 5.07. The highest BCUT2D eigenvalue weighted by Gasteiger charge is 2.19. The molecule has 27 heavy (non-hydrogen) atoms. The average molecular weight is 435 g/mol. The third-order valence-corrected chi connectivity index (χ3v) is 5.45. The van der Waals surface area contributed by atoms with E-state index in [4.69, 9.17) is 14.2 Å². The molecule has 0 radical (unpaired) electrons. The topological polar surface area (TPSA) is 34.2 Å². The number of hydrogen-bond donors (Lipinski definition) is 0. The third kappa shape index (κ3) is 5.15. The Hall–Kier alpha value is -1.76. The van der Waals surface area contributed by atoms with Crippen LogP contribution in [0.15, 0.2) is 40.9 Å². The summed E-state index contributed by atoms with van der Waals surface area (Å²) in [6.07, 6.45) is 0. The maximum Gasteiger partial charge on any atom is 0.161 e. The monoisotopic (exact) mass is 434 g/mol. The summed E-state index contributed by atoms with van der Waals surface area (Å²) in [6.45, 7) is 6.02. The van der Waals surface area contributed by atoms with Crippen LogP contribution in [0.2, 0.25) is 0 Å². The average Bonchev–Trinajstić information content (AvgIpc) is 2.69. The molecule has 0 atom stereocenters. The van der Waals surface area contributed by atoms with E-state index in [0.29, 0.717) is 0 Å². The van der Waals surface area contributed by atoms with Gasteiger partial charge in [-0.05, 0) is 35.9 Å². The maximum absolute atomic E-state index is 5.50. The largest absolute Gasteiger partial charge is 0.496 e. The summed E-state index contributed by atoms with van der Waals surface area (Å²) >= 11 is 3.56. The Balaban J connectivity index is 1.56. The maximum atomic E-state index is 5.50. The second-order valence-corrected chi connectivity index (χ2v) is 7.61. The molecule has 0 N–H and O–H groups in total. The lowest BCUT2D eigenvalue weighted by atomic mass is 10.1. The molecule has 1 aliphatic heterocycles. The smallest absolute Gasteiger partial charge is 0.161 e. The van der Waals surface area contributed by atoms with Gasteiger partial charge in [0.05, 0.1) is 21.3 Å². The number of rotatable bonds is 7. The molecule has 1 aliphatic rings. The van der Waals surface area contributed by atoms with Gasteiger partial charge in [-0.15, -0.1) is 0 Å². The Bertz CT molecular complexity index is 761. The Morgan fingerprint density at radius 2 is 1.33 bits per heavy atom. The second kappa shape index (κ2) is 9.44. The van der Waals surface area contributed by atoms with Crippen LogP contribution in [0.3, 0.4) is 0 Å². The minimum absolute atomic E-state index is 0.772. The predicted octanol–water partition coefficient (Wildman–Crippen LogP) is 3.79. The van der Waals surface area contributed by atoms with Gasteiger partial charge >= 0.3 is 0 Å². The van der Waals surface area contributed by atoms with Gasteiger partial charge in [0.25, 0.3) is 0 Å². The van der Waals surface area contributed by atoms with Crippen molar-refractivity contribution in [2.75, 3.05) is 47.5 Å². The molecule has 2 aromatic carbocycles. The van der Waals surface area contributed by atoms with Gasteiger partial charge in [0.2, 0.25) is 0 Å². The molecule has 0 aliphatic carbocycles. The Morgan fingerprint density at radius 1 is 0.741 bits per heavy atom. The van der Waals surface area contributed by atoms with E-state index in [-0.39, 0.29) is 0 Å². The third-order valence-electron chi connectivity index (χ3n) is 4.96. The van der Waals surface area contributed by atoms with Gasteiger partial charge in [-0.1, -0.05) is 22.0 Å². The van der Waals surface area contributed by atoms with Crippen molar-refractivity contribution >= 4 is 15.9 Å². The van der Waals surface area contributed by atoms with Crippen molar-refractivity contribution in [3.05, 3.63) is 52.0 Å². The molecule has 5 nitrogen and oxygen atoms in total. The van der Waals surface area contributed by atoms with Crippen LogP contribution in [0.25, 0.3) is 0 Å². The number of nitrogens with zero attached hydrogens (tertiary/aromatic N) is 2. The summed E-state index contributed by atoms with van der Waals surface area (Å²) in [5.74, 6) is 2.51. The van der Waals surface area contributed by atoms with Gasteiger partial charge in [-0.25, -0.2) is 0 Å².